The van der Waals surface area contributed by atoms with Crippen LogP contribution in [0, 0.1) is 0 Å². The Morgan fingerprint density at radius 2 is 2.04 bits per heavy atom. The quantitative estimate of drug-likeness (QED) is 0.573. The summed E-state index contributed by atoms with van der Waals surface area (Å²) < 4.78 is 7.45. The third-order valence-corrected chi connectivity index (χ3v) is 5.47. The molecule has 0 aliphatic heterocycles. The summed E-state index contributed by atoms with van der Waals surface area (Å²) in [5, 5.41) is 12.5. The Kier molecular flexibility index (Phi) is 8.79. The van der Waals surface area contributed by atoms with E-state index >= 15 is 0 Å². The number of anilines is 1. The topological polar surface area (TPSA) is 72.3 Å². The summed E-state index contributed by atoms with van der Waals surface area (Å²) in [6.07, 6.45) is 3.10. The van der Waals surface area contributed by atoms with Gasteiger partial charge in [0.2, 0.25) is 5.91 Å². The van der Waals surface area contributed by atoms with E-state index in [-0.39, 0.29) is 17.7 Å². The van der Waals surface area contributed by atoms with Crippen molar-refractivity contribution in [2.75, 3.05) is 32.3 Å². The van der Waals surface area contributed by atoms with Crippen LogP contribution in [0.5, 0.6) is 5.75 Å². The molecular formula is C20H31N5O2S. The van der Waals surface area contributed by atoms with Crippen LogP contribution in [0.3, 0.4) is 0 Å². The molecule has 1 N–H and O–H groups in total. The number of carbonyl (C=O) groups is 1. The highest BCUT2D eigenvalue weighted by Crippen LogP contribution is 2.27. The maximum absolute atomic E-state index is 12.4. The maximum atomic E-state index is 12.4. The zero-order chi connectivity index (χ0) is 20.5. The minimum Gasteiger partial charge on any atom is -0.495 e. The van der Waals surface area contributed by atoms with Gasteiger partial charge >= 0.3 is 0 Å². The van der Waals surface area contributed by atoms with Gasteiger partial charge in [0.1, 0.15) is 5.75 Å². The average molecular weight is 406 g/mol. The fraction of sp³-hybridized carbons (Fsp3) is 0.550. The summed E-state index contributed by atoms with van der Waals surface area (Å²) in [4.78, 5) is 14.6. The fourth-order valence-electron chi connectivity index (χ4n) is 3.02. The van der Waals surface area contributed by atoms with Crippen molar-refractivity contribution in [3.63, 3.8) is 0 Å². The second kappa shape index (κ2) is 11.1. The number of hydrogen-bond donors (Lipinski definition) is 1. The first kappa shape index (κ1) is 22.2. The molecule has 0 saturated heterocycles. The largest absolute Gasteiger partial charge is 0.495 e. The van der Waals surface area contributed by atoms with Crippen LogP contribution in [-0.4, -0.2) is 52.5 Å². The standard InChI is InChI=1S/C20H31N5O2S/c1-6-8-13-25-19(16(7-2)24(3)4)22-23-20(25)28-14-18(26)21-15-11-9-10-12-17(15)27-5/h9-12,16H,6-8,13-14H2,1-5H3,(H,21,26). The SMILES string of the molecule is CCCCn1c(SCC(=O)Nc2ccccc2OC)nnc1C(CC)N(C)C. The van der Waals surface area contributed by atoms with Crippen LogP contribution in [-0.2, 0) is 11.3 Å². The predicted molar refractivity (Wildman–Crippen MR) is 114 cm³/mol. The molecule has 1 atom stereocenters. The van der Waals surface area contributed by atoms with Crippen LogP contribution in [0.4, 0.5) is 5.69 Å². The van der Waals surface area contributed by atoms with Crippen molar-refractivity contribution >= 4 is 23.4 Å². The van der Waals surface area contributed by atoms with Gasteiger partial charge in [-0.2, -0.15) is 0 Å². The van der Waals surface area contributed by atoms with E-state index in [0.29, 0.717) is 11.4 Å². The Balaban J connectivity index is 2.10. The van der Waals surface area contributed by atoms with E-state index in [0.717, 1.165) is 36.8 Å². The number of amides is 1. The van der Waals surface area contributed by atoms with E-state index in [9.17, 15) is 4.79 Å². The monoisotopic (exact) mass is 405 g/mol. The molecule has 7 nitrogen and oxygen atoms in total. The van der Waals surface area contributed by atoms with E-state index in [1.54, 1.807) is 7.11 Å². The van der Waals surface area contributed by atoms with Crippen molar-refractivity contribution in [2.24, 2.45) is 0 Å². The lowest BCUT2D eigenvalue weighted by Gasteiger charge is -2.23. The van der Waals surface area contributed by atoms with E-state index in [2.05, 4.69) is 52.9 Å². The third kappa shape index (κ3) is 5.72. The van der Waals surface area contributed by atoms with Gasteiger partial charge in [-0.3, -0.25) is 9.69 Å². The highest BCUT2D eigenvalue weighted by Gasteiger charge is 2.22. The van der Waals surface area contributed by atoms with Gasteiger partial charge in [-0.05, 0) is 39.1 Å². The molecule has 2 aromatic rings. The molecule has 0 aliphatic carbocycles. The Morgan fingerprint density at radius 1 is 1.29 bits per heavy atom. The maximum Gasteiger partial charge on any atom is 0.234 e. The van der Waals surface area contributed by atoms with Gasteiger partial charge in [0, 0.05) is 6.54 Å². The van der Waals surface area contributed by atoms with Gasteiger partial charge in [0.05, 0.1) is 24.6 Å². The van der Waals surface area contributed by atoms with Gasteiger partial charge < -0.3 is 14.6 Å². The molecule has 2 rings (SSSR count). The predicted octanol–water partition coefficient (Wildman–Crippen LogP) is 3.83. The van der Waals surface area contributed by atoms with Crippen molar-refractivity contribution in [3.8, 4) is 5.75 Å². The normalized spacial score (nSPS) is 12.2. The number of para-hydroxylation sites is 2. The highest BCUT2D eigenvalue weighted by atomic mass is 32.2. The van der Waals surface area contributed by atoms with Crippen LogP contribution in [0.15, 0.2) is 29.4 Å². The number of nitrogens with one attached hydrogen (secondary N) is 1. The zero-order valence-electron chi connectivity index (χ0n) is 17.4. The first-order chi connectivity index (χ1) is 13.5. The van der Waals surface area contributed by atoms with E-state index in [1.807, 2.05) is 24.3 Å². The molecule has 0 saturated carbocycles. The fourth-order valence-corrected chi connectivity index (χ4v) is 3.79. The summed E-state index contributed by atoms with van der Waals surface area (Å²) >= 11 is 1.42. The molecule has 8 heteroatoms. The van der Waals surface area contributed by atoms with Crippen LogP contribution in [0.25, 0.3) is 0 Å². The molecule has 0 aliphatic rings. The molecule has 0 spiro atoms. The molecule has 1 aromatic carbocycles. The lowest BCUT2D eigenvalue weighted by Crippen LogP contribution is -2.23. The molecular weight excluding hydrogens is 374 g/mol. The van der Waals surface area contributed by atoms with Crippen LogP contribution in [0.2, 0.25) is 0 Å². The summed E-state index contributed by atoms with van der Waals surface area (Å²) in [5.41, 5.74) is 0.669. The number of ether oxygens (including phenoxy) is 1. The van der Waals surface area contributed by atoms with E-state index < -0.39 is 0 Å². The average Bonchev–Trinajstić information content (AvgIpc) is 3.08. The molecule has 0 fully saturated rings. The van der Waals surface area contributed by atoms with Crippen LogP contribution in [0.1, 0.15) is 45.0 Å². The number of benzene rings is 1. The lowest BCUT2D eigenvalue weighted by atomic mass is 10.2. The number of aromatic nitrogens is 3. The number of hydrogen-bond acceptors (Lipinski definition) is 6. The lowest BCUT2D eigenvalue weighted by molar-refractivity contribution is -0.113. The van der Waals surface area contributed by atoms with Gasteiger partial charge in [0.25, 0.3) is 0 Å². The zero-order valence-corrected chi connectivity index (χ0v) is 18.3. The van der Waals surface area contributed by atoms with Gasteiger partial charge in [-0.25, -0.2) is 0 Å². The number of rotatable bonds is 11. The number of nitrogens with zero attached hydrogens (tertiary/aromatic N) is 4. The molecule has 1 unspecified atom stereocenters. The minimum atomic E-state index is -0.0965. The Hall–Kier alpha value is -2.06. The Morgan fingerprint density at radius 3 is 2.68 bits per heavy atom. The van der Waals surface area contributed by atoms with Crippen molar-refractivity contribution in [3.05, 3.63) is 30.1 Å². The van der Waals surface area contributed by atoms with Gasteiger partial charge in [-0.1, -0.05) is 44.2 Å². The second-order valence-corrected chi connectivity index (χ2v) is 7.71. The number of unbranched alkanes of at least 4 members (excludes halogenated alkanes) is 1. The van der Waals surface area contributed by atoms with E-state index in [4.69, 9.17) is 4.74 Å². The van der Waals surface area contributed by atoms with Crippen LogP contribution >= 0.6 is 11.8 Å². The van der Waals surface area contributed by atoms with Crippen LogP contribution < -0.4 is 10.1 Å². The van der Waals surface area contributed by atoms with E-state index in [1.165, 1.54) is 11.8 Å². The summed E-state index contributed by atoms with van der Waals surface area (Å²) in [5.74, 6) is 1.78. The van der Waals surface area contributed by atoms with Gasteiger partial charge in [0.15, 0.2) is 11.0 Å². The number of carbonyl (C=O) groups excluding carboxylic acids is 1. The molecule has 0 radical (unpaired) electrons. The second-order valence-electron chi connectivity index (χ2n) is 6.77. The molecule has 0 bridgehead atoms. The summed E-state index contributed by atoms with van der Waals surface area (Å²) in [7, 11) is 5.70. The number of thioether (sulfide) groups is 1. The van der Waals surface area contributed by atoms with Crippen molar-refractivity contribution in [1.82, 2.24) is 19.7 Å². The Labute approximate surface area is 171 Å². The molecule has 1 aromatic heterocycles. The first-order valence-corrected chi connectivity index (χ1v) is 10.7. The van der Waals surface area contributed by atoms with Crippen molar-refractivity contribution < 1.29 is 9.53 Å². The molecule has 28 heavy (non-hydrogen) atoms. The van der Waals surface area contributed by atoms with Crippen molar-refractivity contribution in [1.29, 1.82) is 0 Å². The smallest absolute Gasteiger partial charge is 0.234 e. The summed E-state index contributed by atoms with van der Waals surface area (Å²) in [6, 6.07) is 7.59. The van der Waals surface area contributed by atoms with Gasteiger partial charge in [-0.15, -0.1) is 10.2 Å². The minimum absolute atomic E-state index is 0.0965. The molecule has 1 heterocycles. The first-order valence-electron chi connectivity index (χ1n) is 9.66. The van der Waals surface area contributed by atoms with Crippen molar-refractivity contribution in [2.45, 2.75) is 50.9 Å². The molecule has 154 valence electrons. The third-order valence-electron chi connectivity index (χ3n) is 4.50. The molecule has 1 amide bonds. The Bertz CT molecular complexity index is 763. The highest BCUT2D eigenvalue weighted by molar-refractivity contribution is 7.99. The summed E-state index contributed by atoms with van der Waals surface area (Å²) in [6.45, 7) is 5.18. The number of methoxy groups -OCH3 is 1.